The summed E-state index contributed by atoms with van der Waals surface area (Å²) < 4.78 is 53.5. The van der Waals surface area contributed by atoms with E-state index in [0.717, 1.165) is 86.2 Å². The Labute approximate surface area is 167 Å². The molecule has 0 bridgehead atoms. The molecule has 2 aliphatic carbocycles. The third-order valence-electron chi connectivity index (χ3n) is 5.20. The first kappa shape index (κ1) is 22.8. The van der Waals surface area contributed by atoms with E-state index in [-0.39, 0.29) is 23.6 Å². The summed E-state index contributed by atoms with van der Waals surface area (Å²) in [6.07, 6.45) is 9.85. The summed E-state index contributed by atoms with van der Waals surface area (Å²) in [6.45, 7) is 3.30. The summed E-state index contributed by atoms with van der Waals surface area (Å²) in [4.78, 5) is 0. The van der Waals surface area contributed by atoms with Crippen LogP contribution in [0.4, 0.5) is 0 Å². The fourth-order valence-electron chi connectivity index (χ4n) is 3.57. The van der Waals surface area contributed by atoms with Crippen LogP contribution in [-0.2, 0) is 20.0 Å². The molecule has 0 atom stereocenters. The van der Waals surface area contributed by atoms with Gasteiger partial charge in [-0.1, -0.05) is 38.5 Å². The smallest absolute Gasteiger partial charge is 0.211 e. The molecule has 154 valence electrons. The van der Waals surface area contributed by atoms with Crippen molar-refractivity contribution in [3.05, 3.63) is 0 Å². The summed E-state index contributed by atoms with van der Waals surface area (Å²) in [5.41, 5.74) is 0. The number of nitrogens with zero attached hydrogens (tertiary/aromatic N) is 2. The highest BCUT2D eigenvalue weighted by molar-refractivity contribution is 8.76. The van der Waals surface area contributed by atoms with Crippen molar-refractivity contribution >= 4 is 42.0 Å². The molecule has 0 aromatic carbocycles. The van der Waals surface area contributed by atoms with E-state index in [2.05, 4.69) is 0 Å². The van der Waals surface area contributed by atoms with Gasteiger partial charge in [-0.15, -0.1) is 7.42 Å². The highest BCUT2D eigenvalue weighted by Crippen LogP contribution is 2.42. The predicted molar refractivity (Wildman–Crippen MR) is 112 cm³/mol. The van der Waals surface area contributed by atoms with Crippen molar-refractivity contribution in [1.82, 2.24) is 7.42 Å². The monoisotopic (exact) mass is 444 g/mol. The van der Waals surface area contributed by atoms with Crippen LogP contribution < -0.4 is 0 Å². The Morgan fingerprint density at radius 3 is 1.23 bits per heavy atom. The molecule has 0 aromatic heterocycles. The van der Waals surface area contributed by atoms with Crippen molar-refractivity contribution in [3.63, 3.8) is 0 Å². The summed E-state index contributed by atoms with van der Waals surface area (Å²) in [7, 11) is -4.54. The van der Waals surface area contributed by atoms with Gasteiger partial charge in [-0.2, -0.15) is 0 Å². The fraction of sp³-hybridized carbons (Fsp3) is 1.00. The van der Waals surface area contributed by atoms with Crippen molar-refractivity contribution in [2.24, 2.45) is 0 Å². The number of sulfonamides is 2. The van der Waals surface area contributed by atoms with E-state index < -0.39 is 20.0 Å². The Hall–Kier alpha value is 0.520. The van der Waals surface area contributed by atoms with Gasteiger partial charge in [-0.25, -0.2) is 16.8 Å². The molecule has 0 spiro atoms. The molecule has 0 aromatic rings. The first-order valence-corrected chi connectivity index (χ1v) is 15.0. The van der Waals surface area contributed by atoms with Crippen molar-refractivity contribution < 1.29 is 16.8 Å². The molecule has 0 N–H and O–H groups in total. The second-order valence-corrected chi connectivity index (χ2v) is 13.8. The minimum Gasteiger partial charge on any atom is -0.211 e. The normalized spacial score (nSPS) is 21.5. The average molecular weight is 445 g/mol. The molecule has 2 aliphatic rings. The Morgan fingerprint density at radius 2 is 0.962 bits per heavy atom. The fourth-order valence-corrected chi connectivity index (χ4v) is 10.9. The molecule has 26 heavy (non-hydrogen) atoms. The maximum absolute atomic E-state index is 12.6. The van der Waals surface area contributed by atoms with Crippen LogP contribution in [0.3, 0.4) is 0 Å². The minimum absolute atomic E-state index is 0.0243. The van der Waals surface area contributed by atoms with Crippen molar-refractivity contribution in [2.75, 3.05) is 11.5 Å². The lowest BCUT2D eigenvalue weighted by atomic mass is 9.96. The zero-order valence-electron chi connectivity index (χ0n) is 15.8. The SMILES string of the molecule is CCS(=O)(=O)N(SSN(C1CCCCC1)S(=O)(=O)CC)C1CCCCC1. The van der Waals surface area contributed by atoms with Gasteiger partial charge in [0.1, 0.15) is 0 Å². The van der Waals surface area contributed by atoms with Gasteiger partial charge in [0.05, 0.1) is 11.5 Å². The topological polar surface area (TPSA) is 74.8 Å². The van der Waals surface area contributed by atoms with E-state index in [1.165, 1.54) is 7.42 Å². The first-order valence-electron chi connectivity index (χ1n) is 9.70. The zero-order chi connectivity index (χ0) is 19.2. The Bertz CT molecular complexity index is 571. The third-order valence-corrected chi connectivity index (χ3v) is 12.9. The van der Waals surface area contributed by atoms with Gasteiger partial charge in [0, 0.05) is 34.0 Å². The van der Waals surface area contributed by atoms with Crippen LogP contribution in [0.1, 0.15) is 78.1 Å². The molecule has 6 nitrogen and oxygen atoms in total. The molecule has 2 rings (SSSR count). The van der Waals surface area contributed by atoms with Crippen LogP contribution in [0.2, 0.25) is 0 Å². The van der Waals surface area contributed by atoms with Crippen LogP contribution in [0, 0.1) is 0 Å². The van der Waals surface area contributed by atoms with Crippen molar-refractivity contribution in [2.45, 2.75) is 90.1 Å². The molecular formula is C16H32N2O4S4. The number of hydrogen-bond donors (Lipinski definition) is 0. The highest BCUT2D eigenvalue weighted by atomic mass is 33.1. The van der Waals surface area contributed by atoms with Crippen LogP contribution in [0.5, 0.6) is 0 Å². The van der Waals surface area contributed by atoms with Crippen LogP contribution in [0.15, 0.2) is 0 Å². The van der Waals surface area contributed by atoms with Crippen LogP contribution in [0.25, 0.3) is 0 Å². The molecule has 0 saturated heterocycles. The van der Waals surface area contributed by atoms with Gasteiger partial charge in [0.15, 0.2) is 0 Å². The van der Waals surface area contributed by atoms with E-state index in [1.807, 2.05) is 0 Å². The summed E-state index contributed by atoms with van der Waals surface area (Å²) in [5.74, 6) is 0.0853. The molecule has 0 radical (unpaired) electrons. The Balaban J connectivity index is 2.16. The molecule has 0 aliphatic heterocycles. The summed E-state index contributed by atoms with van der Waals surface area (Å²) in [6, 6.07) is -0.0486. The molecule has 0 amide bonds. The van der Waals surface area contributed by atoms with E-state index in [0.29, 0.717) is 0 Å². The van der Waals surface area contributed by atoms with Gasteiger partial charge >= 0.3 is 0 Å². The summed E-state index contributed by atoms with van der Waals surface area (Å²) >= 11 is 0. The van der Waals surface area contributed by atoms with E-state index >= 15 is 0 Å². The number of hydrogen-bond acceptors (Lipinski definition) is 6. The molecule has 0 heterocycles. The van der Waals surface area contributed by atoms with Crippen molar-refractivity contribution in [1.29, 1.82) is 0 Å². The maximum atomic E-state index is 12.6. The van der Waals surface area contributed by atoms with Gasteiger partial charge < -0.3 is 0 Å². The Kier molecular flexibility index (Phi) is 9.07. The van der Waals surface area contributed by atoms with Crippen LogP contribution >= 0.6 is 22.0 Å². The quantitative estimate of drug-likeness (QED) is 0.392. The van der Waals surface area contributed by atoms with Gasteiger partial charge in [-0.3, -0.25) is 0 Å². The summed E-state index contributed by atoms with van der Waals surface area (Å²) in [5, 5.41) is 0. The second kappa shape index (κ2) is 10.3. The maximum Gasteiger partial charge on any atom is 0.224 e. The van der Waals surface area contributed by atoms with Crippen LogP contribution in [-0.4, -0.2) is 47.8 Å². The lowest BCUT2D eigenvalue weighted by molar-refractivity contribution is 0.343. The predicted octanol–water partition coefficient (Wildman–Crippen LogP) is 4.17. The van der Waals surface area contributed by atoms with Gasteiger partial charge in [0.2, 0.25) is 20.0 Å². The van der Waals surface area contributed by atoms with Gasteiger partial charge in [0.25, 0.3) is 0 Å². The van der Waals surface area contributed by atoms with Gasteiger partial charge in [-0.05, 0) is 39.5 Å². The van der Waals surface area contributed by atoms with E-state index in [1.54, 1.807) is 13.8 Å². The molecule has 2 saturated carbocycles. The molecular weight excluding hydrogens is 412 g/mol. The molecule has 0 unspecified atom stereocenters. The van der Waals surface area contributed by atoms with E-state index in [4.69, 9.17) is 0 Å². The number of rotatable bonds is 9. The first-order chi connectivity index (χ1) is 12.3. The molecule has 2 fully saturated rings. The Morgan fingerprint density at radius 1 is 0.654 bits per heavy atom. The zero-order valence-corrected chi connectivity index (χ0v) is 19.1. The average Bonchev–Trinajstić information content (AvgIpc) is 2.66. The standard InChI is InChI=1S/C16H32N2O4S4/c1-3-25(19,20)17(15-11-7-5-8-12-15)23-24-18(26(21,22)4-2)16-13-9-6-10-14-16/h15-16H,3-14H2,1-2H3. The third kappa shape index (κ3) is 6.01. The van der Waals surface area contributed by atoms with Crippen molar-refractivity contribution in [3.8, 4) is 0 Å². The second-order valence-electron chi connectivity index (χ2n) is 7.04. The van der Waals surface area contributed by atoms with E-state index in [9.17, 15) is 16.8 Å². The lowest BCUT2D eigenvalue weighted by Crippen LogP contribution is -2.40. The minimum atomic E-state index is -3.38. The largest absolute Gasteiger partial charge is 0.224 e. The highest BCUT2D eigenvalue weighted by Gasteiger charge is 2.36. The molecule has 10 heteroatoms. The lowest BCUT2D eigenvalue weighted by Gasteiger charge is -2.35.